The van der Waals surface area contributed by atoms with Gasteiger partial charge < -0.3 is 0 Å². The number of pyridine rings is 2. The van der Waals surface area contributed by atoms with Crippen LogP contribution in [0.4, 0.5) is 4.39 Å². The Morgan fingerprint density at radius 3 is 2.33 bits per heavy atom. The molecule has 8 rings (SSSR count). The molecule has 0 amide bonds. The molecule has 0 fully saturated rings. The zero-order chi connectivity index (χ0) is 33.5. The molecule has 242 valence electrons. The largest absolute Gasteiger partial charge is 0.221 e. The van der Waals surface area contributed by atoms with Gasteiger partial charge in [-0.15, -0.1) is 0 Å². The number of rotatable bonds is 7. The van der Waals surface area contributed by atoms with Crippen molar-refractivity contribution < 1.29 is 13.5 Å². The topological polar surface area (TPSA) is 7.76 Å². The lowest BCUT2D eigenvalue weighted by atomic mass is 9.61. The third-order valence-corrected chi connectivity index (χ3v) is 12.1. The molecule has 3 heteroatoms. The first-order valence-electron chi connectivity index (χ1n) is 18.0. The molecule has 2 aliphatic rings. The van der Waals surface area contributed by atoms with E-state index in [1.165, 1.54) is 66.3 Å². The molecule has 6 aromatic rings. The Hall–Kier alpha value is -4.37. The second-order valence-corrected chi connectivity index (χ2v) is 14.9. The van der Waals surface area contributed by atoms with Gasteiger partial charge in [0.2, 0.25) is 11.4 Å². The number of hydrogen-bond acceptors (Lipinski definition) is 0. The van der Waals surface area contributed by atoms with Crippen LogP contribution >= 0.6 is 0 Å². The van der Waals surface area contributed by atoms with Crippen LogP contribution in [0.1, 0.15) is 99.6 Å². The monoisotopic (exact) mass is 634 g/mol. The van der Waals surface area contributed by atoms with Crippen LogP contribution in [0.5, 0.6) is 0 Å². The Balaban J connectivity index is 1.52. The highest BCUT2D eigenvalue weighted by molar-refractivity contribution is 6.03. The van der Waals surface area contributed by atoms with Gasteiger partial charge in [-0.3, -0.25) is 0 Å². The van der Waals surface area contributed by atoms with Crippen molar-refractivity contribution in [1.29, 1.82) is 0 Å². The minimum Gasteiger partial charge on any atom is -0.207 e. The molecule has 1 aliphatic heterocycles. The van der Waals surface area contributed by atoms with Crippen molar-refractivity contribution in [3.05, 3.63) is 130 Å². The Bertz CT molecular complexity index is 2270. The zero-order valence-corrected chi connectivity index (χ0v) is 29.5. The van der Waals surface area contributed by atoms with Gasteiger partial charge in [0.25, 0.3) is 0 Å². The highest BCUT2D eigenvalue weighted by atomic mass is 19.1. The van der Waals surface area contributed by atoms with E-state index < -0.39 is 5.41 Å². The highest BCUT2D eigenvalue weighted by Crippen LogP contribution is 2.58. The van der Waals surface area contributed by atoms with Crippen molar-refractivity contribution in [1.82, 2.24) is 0 Å². The number of hydrogen-bond donors (Lipinski definition) is 0. The average Bonchev–Trinajstić information content (AvgIpc) is 3.09. The molecule has 4 aromatic carbocycles. The van der Waals surface area contributed by atoms with Gasteiger partial charge in [-0.1, -0.05) is 95.1 Å². The van der Waals surface area contributed by atoms with Gasteiger partial charge in [0, 0.05) is 36.0 Å². The molecule has 0 spiro atoms. The maximum Gasteiger partial charge on any atom is 0.221 e. The summed E-state index contributed by atoms with van der Waals surface area (Å²) in [6, 6.07) is 28.9. The summed E-state index contributed by atoms with van der Waals surface area (Å²) in [5, 5.41) is 5.14. The lowest BCUT2D eigenvalue weighted by Gasteiger charge is -2.45. The summed E-state index contributed by atoms with van der Waals surface area (Å²) in [6.45, 7) is 13.6. The number of fused-ring (bicyclic) bond motifs is 1. The second-order valence-electron chi connectivity index (χ2n) is 14.9. The van der Waals surface area contributed by atoms with Crippen molar-refractivity contribution in [3.63, 3.8) is 0 Å². The van der Waals surface area contributed by atoms with Gasteiger partial charge in [-0.2, -0.15) is 4.57 Å². The first-order valence-corrected chi connectivity index (χ1v) is 18.0. The summed E-state index contributed by atoms with van der Waals surface area (Å²) < 4.78 is 21.4. The van der Waals surface area contributed by atoms with Crippen LogP contribution < -0.4 is 9.13 Å². The molecule has 1 aliphatic carbocycles. The number of halogens is 1. The summed E-state index contributed by atoms with van der Waals surface area (Å²) >= 11 is 0. The minimum absolute atomic E-state index is 0.0204. The molecule has 0 bridgehead atoms. The first kappa shape index (κ1) is 30.9. The molecule has 0 saturated carbocycles. The molecule has 48 heavy (non-hydrogen) atoms. The second kappa shape index (κ2) is 11.1. The Morgan fingerprint density at radius 2 is 1.56 bits per heavy atom. The molecule has 0 radical (unpaired) electrons. The fourth-order valence-corrected chi connectivity index (χ4v) is 9.67. The van der Waals surface area contributed by atoms with E-state index in [0.717, 1.165) is 43.2 Å². The van der Waals surface area contributed by atoms with E-state index in [-0.39, 0.29) is 17.3 Å². The van der Waals surface area contributed by atoms with Gasteiger partial charge >= 0.3 is 0 Å². The van der Waals surface area contributed by atoms with Crippen LogP contribution in [0, 0.1) is 12.7 Å². The molecule has 2 nitrogen and oxygen atoms in total. The first-order chi connectivity index (χ1) is 23.2. The number of aryl methyl sites for hydroxylation is 3. The average molecular weight is 635 g/mol. The summed E-state index contributed by atoms with van der Waals surface area (Å²) in [7, 11) is 2.16. The van der Waals surface area contributed by atoms with E-state index >= 15 is 4.39 Å². The van der Waals surface area contributed by atoms with Crippen LogP contribution in [0.25, 0.3) is 44.1 Å². The Morgan fingerprint density at radius 1 is 0.792 bits per heavy atom. The van der Waals surface area contributed by atoms with Crippen LogP contribution in [-0.4, -0.2) is 0 Å². The third-order valence-electron chi connectivity index (χ3n) is 12.1. The normalized spacial score (nSPS) is 16.9. The number of nitrogens with zero attached hydrogens (tertiary/aromatic N) is 2. The Kier molecular flexibility index (Phi) is 7.14. The highest BCUT2D eigenvalue weighted by Gasteiger charge is 2.56. The van der Waals surface area contributed by atoms with Gasteiger partial charge in [0.15, 0.2) is 17.9 Å². The van der Waals surface area contributed by atoms with Crippen molar-refractivity contribution >= 4 is 21.5 Å². The van der Waals surface area contributed by atoms with E-state index in [4.69, 9.17) is 0 Å². The predicted molar refractivity (Wildman–Crippen MR) is 196 cm³/mol. The van der Waals surface area contributed by atoms with Crippen LogP contribution in [0.2, 0.25) is 0 Å². The summed E-state index contributed by atoms with van der Waals surface area (Å²) in [6.07, 6.45) is 9.84. The zero-order valence-electron chi connectivity index (χ0n) is 29.5. The van der Waals surface area contributed by atoms with Gasteiger partial charge in [0.05, 0.1) is 27.8 Å². The van der Waals surface area contributed by atoms with Crippen LogP contribution in [0.3, 0.4) is 0 Å². The van der Waals surface area contributed by atoms with E-state index in [9.17, 15) is 0 Å². The van der Waals surface area contributed by atoms with Gasteiger partial charge in [-0.05, 0) is 71.0 Å². The number of aromatic nitrogens is 2. The summed E-state index contributed by atoms with van der Waals surface area (Å²) in [5.41, 5.74) is 11.4. The fourth-order valence-electron chi connectivity index (χ4n) is 9.67. The van der Waals surface area contributed by atoms with Crippen molar-refractivity contribution in [2.75, 3.05) is 0 Å². The summed E-state index contributed by atoms with van der Waals surface area (Å²) in [4.78, 5) is 0. The molecular weight excluding hydrogens is 588 g/mol. The van der Waals surface area contributed by atoms with Gasteiger partial charge in [-0.25, -0.2) is 8.96 Å². The van der Waals surface area contributed by atoms with E-state index in [0.29, 0.717) is 0 Å². The smallest absolute Gasteiger partial charge is 0.207 e. The number of benzene rings is 4. The van der Waals surface area contributed by atoms with Crippen LogP contribution in [-0.2, 0) is 24.4 Å². The SMILES string of the molecule is CCCCc1ccc2c3c4[n+](ccc13)C(CC)(CC)C(c1ccc(C)cc1-c1c3ccccc3cc[n+]1C)c1ccc(F)c(c1-4)C2(C)C. The van der Waals surface area contributed by atoms with E-state index in [1.807, 2.05) is 0 Å². The lowest BCUT2D eigenvalue weighted by molar-refractivity contribution is -0.760. The van der Waals surface area contributed by atoms with Crippen LogP contribution in [0.15, 0.2) is 91.3 Å². The maximum atomic E-state index is 16.5. The fraction of sp³-hybridized carbons (Fsp3) is 0.333. The molecular formula is C45H47FN2+2. The molecule has 3 heterocycles. The quantitative estimate of drug-likeness (QED) is 0.154. The lowest BCUT2D eigenvalue weighted by Crippen LogP contribution is -2.63. The van der Waals surface area contributed by atoms with Crippen molar-refractivity contribution in [3.8, 4) is 22.5 Å². The number of unbranched alkanes of at least 4 members (excludes halogenated alkanes) is 1. The molecule has 0 N–H and O–H groups in total. The molecule has 0 saturated heterocycles. The Labute approximate surface area is 284 Å². The maximum absolute atomic E-state index is 16.5. The molecule has 1 unspecified atom stereocenters. The third kappa shape index (κ3) is 4.09. The standard InChI is InChI=1S/C45H47FN2/c1-8-11-14-29-18-21-36-38-31(29)24-26-48-43(38)39-34(20-22-37(46)41(39)44(36,5)6)40(45(48,9-2)10-3)33-19-17-28(4)27-35(33)42-32-16-13-12-15-30(32)23-25-47(42)7/h12-13,15-27,40H,8-11,14H2,1-7H3/q+2. The van der Waals surface area contributed by atoms with Gasteiger partial charge in [0.1, 0.15) is 12.9 Å². The van der Waals surface area contributed by atoms with Crippen molar-refractivity contribution in [2.45, 2.75) is 90.5 Å². The van der Waals surface area contributed by atoms with E-state index in [2.05, 4.69) is 143 Å². The van der Waals surface area contributed by atoms with E-state index in [1.54, 1.807) is 6.07 Å². The molecule has 2 aromatic heterocycles. The molecule has 1 atom stereocenters. The van der Waals surface area contributed by atoms with Crippen molar-refractivity contribution in [2.24, 2.45) is 7.05 Å². The summed E-state index contributed by atoms with van der Waals surface area (Å²) in [5.74, 6) is -0.0844. The predicted octanol–water partition coefficient (Wildman–Crippen LogP) is 10.5. The minimum atomic E-state index is -0.482.